The number of aldehydes is 1. The summed E-state index contributed by atoms with van der Waals surface area (Å²) in [4.78, 5) is 19.2. The lowest BCUT2D eigenvalue weighted by Crippen LogP contribution is -2.49. The second-order valence-corrected chi connectivity index (χ2v) is 4.66. The molecule has 1 aromatic rings. The van der Waals surface area contributed by atoms with E-state index in [1.807, 2.05) is 18.2 Å². The van der Waals surface area contributed by atoms with Crippen molar-refractivity contribution < 1.29 is 4.79 Å². The van der Waals surface area contributed by atoms with E-state index in [1.54, 1.807) is 6.20 Å². The van der Waals surface area contributed by atoms with Gasteiger partial charge in [0, 0.05) is 32.4 Å². The van der Waals surface area contributed by atoms with E-state index in [0.29, 0.717) is 0 Å². The normalized spacial score (nSPS) is 19.4. The van der Waals surface area contributed by atoms with Crippen molar-refractivity contribution in [1.29, 1.82) is 0 Å². The molecule has 16 heavy (non-hydrogen) atoms. The second kappa shape index (κ2) is 5.41. The summed E-state index contributed by atoms with van der Waals surface area (Å²) in [5.41, 5.74) is 0. The third-order valence-corrected chi connectivity index (χ3v) is 3.54. The highest BCUT2D eigenvalue weighted by atomic mass is 79.9. The zero-order chi connectivity index (χ0) is 11.4. The molecule has 1 unspecified atom stereocenters. The number of aromatic nitrogens is 1. The molecule has 1 saturated heterocycles. The van der Waals surface area contributed by atoms with Crippen LogP contribution in [0.1, 0.15) is 0 Å². The lowest BCUT2D eigenvalue weighted by atomic mass is 10.3. The summed E-state index contributed by atoms with van der Waals surface area (Å²) in [7, 11) is 0. The van der Waals surface area contributed by atoms with E-state index in [9.17, 15) is 4.79 Å². The van der Waals surface area contributed by atoms with Crippen molar-refractivity contribution in [1.82, 2.24) is 9.88 Å². The lowest BCUT2D eigenvalue weighted by molar-refractivity contribution is -0.109. The van der Waals surface area contributed by atoms with Crippen LogP contribution in [-0.2, 0) is 4.79 Å². The summed E-state index contributed by atoms with van der Waals surface area (Å²) in [5, 5.41) is 0. The SMILES string of the molecule is O=CC(Br)N1CCN(c2ccccn2)CC1. The van der Waals surface area contributed by atoms with Crippen molar-refractivity contribution in [2.75, 3.05) is 31.1 Å². The molecule has 0 aliphatic carbocycles. The van der Waals surface area contributed by atoms with Crippen molar-refractivity contribution in [3.63, 3.8) is 0 Å². The van der Waals surface area contributed by atoms with Crippen molar-refractivity contribution in [3.05, 3.63) is 24.4 Å². The predicted molar refractivity (Wildman–Crippen MR) is 66.8 cm³/mol. The second-order valence-electron chi connectivity index (χ2n) is 3.72. The fraction of sp³-hybridized carbons (Fsp3) is 0.455. The van der Waals surface area contributed by atoms with Gasteiger partial charge >= 0.3 is 0 Å². The molecule has 2 rings (SSSR count). The molecule has 1 aromatic heterocycles. The van der Waals surface area contributed by atoms with Crippen molar-refractivity contribution in [2.45, 2.75) is 4.95 Å². The van der Waals surface area contributed by atoms with Crippen molar-refractivity contribution >= 4 is 28.0 Å². The molecular weight excluding hydrogens is 270 g/mol. The summed E-state index contributed by atoms with van der Waals surface area (Å²) in [6.07, 6.45) is 2.73. The molecule has 0 saturated carbocycles. The monoisotopic (exact) mass is 283 g/mol. The minimum atomic E-state index is -0.154. The minimum Gasteiger partial charge on any atom is -0.354 e. The summed E-state index contributed by atoms with van der Waals surface area (Å²) < 4.78 is 0. The van der Waals surface area contributed by atoms with Gasteiger partial charge in [-0.1, -0.05) is 22.0 Å². The Morgan fingerprint density at radius 1 is 1.31 bits per heavy atom. The minimum absolute atomic E-state index is 0.154. The number of nitrogens with zero attached hydrogens (tertiary/aromatic N) is 3. The van der Waals surface area contributed by atoms with Gasteiger partial charge in [-0.25, -0.2) is 4.98 Å². The van der Waals surface area contributed by atoms with Crippen LogP contribution >= 0.6 is 15.9 Å². The van der Waals surface area contributed by atoms with Crippen LogP contribution in [0.5, 0.6) is 0 Å². The molecule has 86 valence electrons. The molecule has 4 nitrogen and oxygen atoms in total. The van der Waals surface area contributed by atoms with Crippen LogP contribution in [0.4, 0.5) is 5.82 Å². The van der Waals surface area contributed by atoms with Gasteiger partial charge in [-0.15, -0.1) is 0 Å². The van der Waals surface area contributed by atoms with Crippen LogP contribution in [0, 0.1) is 0 Å². The van der Waals surface area contributed by atoms with Gasteiger partial charge in [0.05, 0.1) is 0 Å². The third-order valence-electron chi connectivity index (χ3n) is 2.75. The number of anilines is 1. The number of rotatable bonds is 3. The maximum Gasteiger partial charge on any atom is 0.148 e. The van der Waals surface area contributed by atoms with Crippen LogP contribution in [0.2, 0.25) is 0 Å². The number of alkyl halides is 1. The summed E-state index contributed by atoms with van der Waals surface area (Å²) in [5.74, 6) is 1.01. The Bertz CT molecular complexity index is 338. The average Bonchev–Trinajstić information content (AvgIpc) is 2.39. The van der Waals surface area contributed by atoms with Gasteiger partial charge in [0.1, 0.15) is 17.1 Å². The zero-order valence-corrected chi connectivity index (χ0v) is 10.5. The van der Waals surface area contributed by atoms with Crippen LogP contribution in [0.3, 0.4) is 0 Å². The first-order chi connectivity index (χ1) is 7.81. The van der Waals surface area contributed by atoms with Crippen LogP contribution in [0.15, 0.2) is 24.4 Å². The first-order valence-corrected chi connectivity index (χ1v) is 6.22. The largest absolute Gasteiger partial charge is 0.354 e. The molecule has 2 heterocycles. The number of carbonyl (C=O) groups is 1. The number of piperazine rings is 1. The van der Waals surface area contributed by atoms with Gasteiger partial charge in [0.25, 0.3) is 0 Å². The smallest absolute Gasteiger partial charge is 0.148 e. The van der Waals surface area contributed by atoms with E-state index in [1.165, 1.54) is 0 Å². The molecule has 5 heteroatoms. The third kappa shape index (κ3) is 2.59. The topological polar surface area (TPSA) is 36.4 Å². The van der Waals surface area contributed by atoms with Crippen molar-refractivity contribution in [2.24, 2.45) is 0 Å². The molecule has 1 fully saturated rings. The Balaban J connectivity index is 1.93. The number of pyridine rings is 1. The molecule has 1 atom stereocenters. The van der Waals surface area contributed by atoms with E-state index < -0.39 is 0 Å². The van der Waals surface area contributed by atoms with Crippen LogP contribution < -0.4 is 4.90 Å². The molecule has 0 N–H and O–H groups in total. The summed E-state index contributed by atoms with van der Waals surface area (Å²) in [6, 6.07) is 5.93. The van der Waals surface area contributed by atoms with E-state index in [2.05, 4.69) is 30.7 Å². The van der Waals surface area contributed by atoms with Crippen molar-refractivity contribution in [3.8, 4) is 0 Å². The predicted octanol–water partition coefficient (Wildman–Crippen LogP) is 1.12. The molecule has 0 aromatic carbocycles. The van der Waals surface area contributed by atoms with Gasteiger partial charge < -0.3 is 9.69 Å². The summed E-state index contributed by atoms with van der Waals surface area (Å²) >= 11 is 3.34. The highest BCUT2D eigenvalue weighted by Gasteiger charge is 2.21. The first kappa shape index (κ1) is 11.5. The average molecular weight is 284 g/mol. The van der Waals surface area contributed by atoms with Gasteiger partial charge in [0.2, 0.25) is 0 Å². The molecule has 1 aliphatic heterocycles. The number of halogens is 1. The molecule has 0 radical (unpaired) electrons. The first-order valence-electron chi connectivity index (χ1n) is 5.30. The number of hydrogen-bond acceptors (Lipinski definition) is 4. The Morgan fingerprint density at radius 2 is 2.06 bits per heavy atom. The number of hydrogen-bond donors (Lipinski definition) is 0. The lowest BCUT2D eigenvalue weighted by Gasteiger charge is -2.36. The molecule has 0 bridgehead atoms. The number of carbonyl (C=O) groups excluding carboxylic acids is 1. The standard InChI is InChI=1S/C11H14BrN3O/c12-10(9-16)14-5-7-15(8-6-14)11-3-1-2-4-13-11/h1-4,9-10H,5-8H2. The molecular formula is C11H14BrN3O. The maximum absolute atomic E-state index is 10.6. The highest BCUT2D eigenvalue weighted by Crippen LogP contribution is 2.15. The van der Waals surface area contributed by atoms with Gasteiger partial charge in [-0.2, -0.15) is 0 Å². The molecule has 0 spiro atoms. The van der Waals surface area contributed by atoms with E-state index >= 15 is 0 Å². The fourth-order valence-corrected chi connectivity index (χ4v) is 2.23. The van der Waals surface area contributed by atoms with Gasteiger partial charge in [-0.05, 0) is 12.1 Å². The Labute approximate surface area is 103 Å². The van der Waals surface area contributed by atoms with Crippen LogP contribution in [-0.4, -0.2) is 47.3 Å². The highest BCUT2D eigenvalue weighted by molar-refractivity contribution is 9.09. The quantitative estimate of drug-likeness (QED) is 0.473. The van der Waals surface area contributed by atoms with E-state index in [0.717, 1.165) is 38.3 Å². The zero-order valence-electron chi connectivity index (χ0n) is 8.92. The maximum atomic E-state index is 10.6. The fourth-order valence-electron chi connectivity index (χ4n) is 1.82. The van der Waals surface area contributed by atoms with Crippen LogP contribution in [0.25, 0.3) is 0 Å². The van der Waals surface area contributed by atoms with E-state index in [-0.39, 0.29) is 4.95 Å². The Morgan fingerprint density at radius 3 is 2.62 bits per heavy atom. The molecule has 0 amide bonds. The van der Waals surface area contributed by atoms with E-state index in [4.69, 9.17) is 0 Å². The summed E-state index contributed by atoms with van der Waals surface area (Å²) in [6.45, 7) is 3.58. The Hall–Kier alpha value is -0.940. The Kier molecular flexibility index (Phi) is 3.90. The molecule has 1 aliphatic rings. The van der Waals surface area contributed by atoms with Gasteiger partial charge in [-0.3, -0.25) is 4.90 Å². The van der Waals surface area contributed by atoms with Gasteiger partial charge in [0.15, 0.2) is 0 Å².